The molecular formula is C19H20Cl3N3O. The van der Waals surface area contributed by atoms with E-state index in [1.54, 1.807) is 18.2 Å². The van der Waals surface area contributed by atoms with E-state index in [0.29, 0.717) is 22.2 Å². The summed E-state index contributed by atoms with van der Waals surface area (Å²) in [5.41, 5.74) is 1.68. The summed E-state index contributed by atoms with van der Waals surface area (Å²) in [5, 5.41) is 4.60. The highest BCUT2D eigenvalue weighted by Gasteiger charge is 2.17. The monoisotopic (exact) mass is 411 g/mol. The molecule has 1 saturated heterocycles. The molecule has 0 aromatic heterocycles. The van der Waals surface area contributed by atoms with Gasteiger partial charge in [0.1, 0.15) is 0 Å². The van der Waals surface area contributed by atoms with Crippen molar-refractivity contribution in [3.8, 4) is 0 Å². The smallest absolute Gasteiger partial charge is 0.251 e. The van der Waals surface area contributed by atoms with Crippen molar-refractivity contribution in [1.82, 2.24) is 10.2 Å². The van der Waals surface area contributed by atoms with Crippen molar-refractivity contribution in [1.29, 1.82) is 0 Å². The van der Waals surface area contributed by atoms with Gasteiger partial charge in [0.25, 0.3) is 5.91 Å². The summed E-state index contributed by atoms with van der Waals surface area (Å²) in [6.45, 7) is 5.24. The van der Waals surface area contributed by atoms with E-state index in [1.807, 2.05) is 24.3 Å². The van der Waals surface area contributed by atoms with Crippen LogP contribution in [0.1, 0.15) is 10.4 Å². The first kappa shape index (κ1) is 19.3. The minimum atomic E-state index is -0.158. The van der Waals surface area contributed by atoms with Crippen LogP contribution in [0.15, 0.2) is 42.5 Å². The molecule has 0 radical (unpaired) electrons. The molecule has 1 aliphatic rings. The largest absolute Gasteiger partial charge is 0.369 e. The summed E-state index contributed by atoms with van der Waals surface area (Å²) in [6, 6.07) is 12.8. The summed E-state index contributed by atoms with van der Waals surface area (Å²) in [6.07, 6.45) is 0. The summed E-state index contributed by atoms with van der Waals surface area (Å²) in [5.74, 6) is -0.158. The fourth-order valence-electron chi connectivity index (χ4n) is 3.00. The van der Waals surface area contributed by atoms with E-state index in [9.17, 15) is 4.79 Å². The van der Waals surface area contributed by atoms with Gasteiger partial charge in [0, 0.05) is 65.6 Å². The number of hydrogen-bond donors (Lipinski definition) is 1. The third-order valence-corrected chi connectivity index (χ3v) is 5.09. The van der Waals surface area contributed by atoms with Gasteiger partial charge in [0.05, 0.1) is 0 Å². The molecule has 1 aliphatic heterocycles. The van der Waals surface area contributed by atoms with Crippen molar-refractivity contribution in [3.63, 3.8) is 0 Å². The van der Waals surface area contributed by atoms with Crippen LogP contribution in [0.25, 0.3) is 0 Å². The Morgan fingerprint density at radius 1 is 0.885 bits per heavy atom. The molecule has 4 nitrogen and oxygen atoms in total. The Morgan fingerprint density at radius 3 is 2.12 bits per heavy atom. The van der Waals surface area contributed by atoms with Crippen LogP contribution in [-0.2, 0) is 0 Å². The molecule has 1 heterocycles. The second kappa shape index (κ2) is 8.96. The lowest BCUT2D eigenvalue weighted by atomic mass is 10.2. The van der Waals surface area contributed by atoms with Gasteiger partial charge in [0.2, 0.25) is 0 Å². The van der Waals surface area contributed by atoms with E-state index in [4.69, 9.17) is 34.8 Å². The second-order valence-corrected chi connectivity index (χ2v) is 7.53. The lowest BCUT2D eigenvalue weighted by molar-refractivity contribution is 0.0948. The Bertz CT molecular complexity index is 739. The molecule has 138 valence electrons. The normalized spacial score (nSPS) is 15.1. The predicted molar refractivity (Wildman–Crippen MR) is 109 cm³/mol. The Balaban J connectivity index is 1.42. The minimum absolute atomic E-state index is 0.158. The Kier molecular flexibility index (Phi) is 6.65. The maximum absolute atomic E-state index is 12.2. The number of anilines is 1. The zero-order chi connectivity index (χ0) is 18.5. The van der Waals surface area contributed by atoms with Gasteiger partial charge >= 0.3 is 0 Å². The molecule has 1 N–H and O–H groups in total. The Labute approximate surface area is 168 Å². The predicted octanol–water partition coefficient (Wildman–Crippen LogP) is 4.20. The topological polar surface area (TPSA) is 35.6 Å². The van der Waals surface area contributed by atoms with E-state index in [0.717, 1.165) is 37.7 Å². The van der Waals surface area contributed by atoms with Gasteiger partial charge in [-0.1, -0.05) is 34.8 Å². The first-order chi connectivity index (χ1) is 12.5. The molecule has 2 aromatic carbocycles. The zero-order valence-electron chi connectivity index (χ0n) is 14.2. The number of hydrogen-bond acceptors (Lipinski definition) is 3. The van der Waals surface area contributed by atoms with Crippen molar-refractivity contribution in [2.24, 2.45) is 0 Å². The molecule has 3 rings (SSSR count). The van der Waals surface area contributed by atoms with Gasteiger partial charge in [-0.2, -0.15) is 0 Å². The quantitative estimate of drug-likeness (QED) is 0.799. The molecule has 0 bridgehead atoms. The van der Waals surface area contributed by atoms with E-state index in [2.05, 4.69) is 15.1 Å². The van der Waals surface area contributed by atoms with Crippen molar-refractivity contribution < 1.29 is 4.79 Å². The van der Waals surface area contributed by atoms with Crippen molar-refractivity contribution >= 4 is 46.4 Å². The van der Waals surface area contributed by atoms with Crippen LogP contribution in [0.3, 0.4) is 0 Å². The van der Waals surface area contributed by atoms with E-state index < -0.39 is 0 Å². The molecule has 0 spiro atoms. The first-order valence-electron chi connectivity index (χ1n) is 8.48. The van der Waals surface area contributed by atoms with Gasteiger partial charge in [-0.05, 0) is 42.5 Å². The van der Waals surface area contributed by atoms with Gasteiger partial charge in [-0.25, -0.2) is 0 Å². The lowest BCUT2D eigenvalue weighted by Gasteiger charge is -2.36. The highest BCUT2D eigenvalue weighted by atomic mass is 35.5. The summed E-state index contributed by atoms with van der Waals surface area (Å²) < 4.78 is 0. The van der Waals surface area contributed by atoms with E-state index in [-0.39, 0.29) is 5.91 Å². The van der Waals surface area contributed by atoms with Gasteiger partial charge < -0.3 is 10.2 Å². The van der Waals surface area contributed by atoms with Gasteiger partial charge in [0.15, 0.2) is 0 Å². The molecule has 7 heteroatoms. The third-order valence-electron chi connectivity index (χ3n) is 4.40. The number of benzene rings is 2. The molecule has 1 amide bonds. The zero-order valence-corrected chi connectivity index (χ0v) is 16.5. The number of carbonyl (C=O) groups excluding carboxylic acids is 1. The summed E-state index contributed by atoms with van der Waals surface area (Å²) in [7, 11) is 0. The first-order valence-corrected chi connectivity index (χ1v) is 9.62. The molecule has 0 atom stereocenters. The fraction of sp³-hybridized carbons (Fsp3) is 0.316. The van der Waals surface area contributed by atoms with Crippen LogP contribution in [0, 0.1) is 0 Å². The number of nitrogens with zero attached hydrogens (tertiary/aromatic N) is 2. The van der Waals surface area contributed by atoms with Gasteiger partial charge in [-0.3, -0.25) is 9.69 Å². The van der Waals surface area contributed by atoms with Crippen molar-refractivity contribution in [2.45, 2.75) is 0 Å². The average Bonchev–Trinajstić information content (AvgIpc) is 2.62. The highest BCUT2D eigenvalue weighted by Crippen LogP contribution is 2.20. The number of nitrogens with one attached hydrogen (secondary N) is 1. The highest BCUT2D eigenvalue weighted by molar-refractivity contribution is 6.35. The molecule has 0 saturated carbocycles. The van der Waals surface area contributed by atoms with E-state index in [1.165, 1.54) is 5.69 Å². The van der Waals surface area contributed by atoms with Crippen molar-refractivity contribution in [2.75, 3.05) is 44.2 Å². The van der Waals surface area contributed by atoms with Crippen LogP contribution in [0.4, 0.5) is 5.69 Å². The number of carbonyl (C=O) groups is 1. The Hall–Kier alpha value is -1.46. The number of piperazine rings is 1. The molecule has 0 aliphatic carbocycles. The standard InChI is InChI=1S/C19H20Cl3N3O/c20-15-1-3-18(4-2-15)25-9-7-24(8-10-25)6-5-23-19(26)14-11-16(21)13-17(22)12-14/h1-4,11-13H,5-10H2,(H,23,26). The van der Waals surface area contributed by atoms with Crippen LogP contribution < -0.4 is 10.2 Å². The average molecular weight is 413 g/mol. The summed E-state index contributed by atoms with van der Waals surface area (Å²) in [4.78, 5) is 16.9. The van der Waals surface area contributed by atoms with Gasteiger partial charge in [-0.15, -0.1) is 0 Å². The number of amides is 1. The van der Waals surface area contributed by atoms with Crippen LogP contribution in [0.5, 0.6) is 0 Å². The molecule has 2 aromatic rings. The lowest BCUT2D eigenvalue weighted by Crippen LogP contribution is -2.48. The van der Waals surface area contributed by atoms with E-state index >= 15 is 0 Å². The maximum Gasteiger partial charge on any atom is 0.251 e. The van der Waals surface area contributed by atoms with Crippen LogP contribution >= 0.6 is 34.8 Å². The molecule has 0 unspecified atom stereocenters. The van der Waals surface area contributed by atoms with Crippen LogP contribution in [0.2, 0.25) is 15.1 Å². The van der Waals surface area contributed by atoms with Crippen molar-refractivity contribution in [3.05, 3.63) is 63.1 Å². The molecule has 26 heavy (non-hydrogen) atoms. The number of halogens is 3. The maximum atomic E-state index is 12.2. The summed E-state index contributed by atoms with van der Waals surface area (Å²) >= 11 is 17.8. The number of rotatable bonds is 5. The third kappa shape index (κ3) is 5.27. The fourth-order valence-corrected chi connectivity index (χ4v) is 3.65. The second-order valence-electron chi connectivity index (χ2n) is 6.22. The molecule has 1 fully saturated rings. The SMILES string of the molecule is O=C(NCCN1CCN(c2ccc(Cl)cc2)CC1)c1cc(Cl)cc(Cl)c1. The van der Waals surface area contributed by atoms with Crippen LogP contribution in [-0.4, -0.2) is 50.1 Å². The Morgan fingerprint density at radius 2 is 1.50 bits per heavy atom. The molecular weight excluding hydrogens is 393 g/mol. The minimum Gasteiger partial charge on any atom is -0.369 e.